The minimum Gasteiger partial charge on any atom is -0.483 e. The molecule has 1 aliphatic heterocycles. The number of carbonyl (C=O) groups excluding carboxylic acids is 2. The molecule has 1 fully saturated rings. The van der Waals surface area contributed by atoms with Crippen molar-refractivity contribution in [3.05, 3.63) is 28.8 Å². The van der Waals surface area contributed by atoms with Crippen LogP contribution < -0.4 is 10.5 Å². The molecule has 2 atom stereocenters. The summed E-state index contributed by atoms with van der Waals surface area (Å²) in [5.41, 5.74) is 5.51. The molecule has 1 saturated heterocycles. The highest BCUT2D eigenvalue weighted by Crippen LogP contribution is 2.24. The topological polar surface area (TPSA) is 72.6 Å². The molecule has 0 aliphatic carbocycles. The van der Waals surface area contributed by atoms with Gasteiger partial charge in [-0.05, 0) is 36.5 Å². The summed E-state index contributed by atoms with van der Waals surface area (Å²) in [4.78, 5) is 25.5. The highest BCUT2D eigenvalue weighted by atomic mass is 35.5. The number of rotatable bonds is 4. The lowest BCUT2D eigenvalue weighted by molar-refractivity contribution is -0.136. The van der Waals surface area contributed by atoms with Gasteiger partial charge in [-0.25, -0.2) is 0 Å². The maximum atomic E-state index is 12.3. The summed E-state index contributed by atoms with van der Waals surface area (Å²) in [6, 6.07) is 4.55. The van der Waals surface area contributed by atoms with Crippen LogP contribution in [0.15, 0.2) is 18.2 Å². The summed E-state index contributed by atoms with van der Waals surface area (Å²) in [5, 5.41) is 0.424. The Labute approximate surface area is 135 Å². The van der Waals surface area contributed by atoms with Gasteiger partial charge in [0.1, 0.15) is 5.75 Å². The molecule has 2 rings (SSSR count). The van der Waals surface area contributed by atoms with E-state index in [1.54, 1.807) is 6.07 Å². The van der Waals surface area contributed by atoms with Gasteiger partial charge in [-0.1, -0.05) is 25.4 Å². The Hall–Kier alpha value is -1.75. The van der Waals surface area contributed by atoms with E-state index in [0.717, 1.165) is 19.5 Å². The number of amides is 2. The summed E-state index contributed by atoms with van der Waals surface area (Å²) in [6.07, 6.45) is 1.13. The molecule has 1 aromatic carbocycles. The van der Waals surface area contributed by atoms with Gasteiger partial charge in [0, 0.05) is 18.1 Å². The molecule has 1 aromatic rings. The predicted octanol–water partition coefficient (Wildman–Crippen LogP) is 2.32. The lowest BCUT2D eigenvalue weighted by Crippen LogP contribution is -2.44. The number of carbonyl (C=O) groups is 2. The number of benzene rings is 1. The maximum Gasteiger partial charge on any atom is 0.260 e. The quantitative estimate of drug-likeness (QED) is 0.923. The van der Waals surface area contributed by atoms with Crippen LogP contribution in [0, 0.1) is 11.8 Å². The molecule has 0 bridgehead atoms. The second kappa shape index (κ2) is 7.01. The van der Waals surface area contributed by atoms with Crippen LogP contribution in [-0.4, -0.2) is 36.4 Å². The largest absolute Gasteiger partial charge is 0.483 e. The van der Waals surface area contributed by atoms with Crippen molar-refractivity contribution in [3.8, 4) is 5.75 Å². The molecule has 6 heteroatoms. The Bertz CT molecular complexity index is 567. The van der Waals surface area contributed by atoms with E-state index in [4.69, 9.17) is 22.1 Å². The van der Waals surface area contributed by atoms with Crippen molar-refractivity contribution in [2.24, 2.45) is 17.6 Å². The Balaban J connectivity index is 2.02. The first-order valence-electron chi connectivity index (χ1n) is 7.36. The Kier molecular flexibility index (Phi) is 5.29. The van der Waals surface area contributed by atoms with Crippen LogP contribution in [0.5, 0.6) is 5.75 Å². The van der Waals surface area contributed by atoms with E-state index >= 15 is 0 Å². The average molecular weight is 325 g/mol. The van der Waals surface area contributed by atoms with Crippen LogP contribution in [0.4, 0.5) is 0 Å². The molecule has 5 nitrogen and oxygen atoms in total. The van der Waals surface area contributed by atoms with Crippen LogP contribution >= 0.6 is 11.6 Å². The van der Waals surface area contributed by atoms with E-state index < -0.39 is 5.91 Å². The van der Waals surface area contributed by atoms with Gasteiger partial charge in [-0.3, -0.25) is 9.59 Å². The molecule has 2 N–H and O–H groups in total. The fourth-order valence-electron chi connectivity index (χ4n) is 2.92. The Morgan fingerprint density at radius 2 is 1.95 bits per heavy atom. The van der Waals surface area contributed by atoms with Crippen molar-refractivity contribution in [1.82, 2.24) is 4.90 Å². The number of ether oxygens (including phenoxy) is 1. The van der Waals surface area contributed by atoms with Gasteiger partial charge in [0.25, 0.3) is 11.8 Å². The average Bonchev–Trinajstić information content (AvgIpc) is 2.43. The lowest BCUT2D eigenvalue weighted by atomic mass is 9.92. The van der Waals surface area contributed by atoms with E-state index in [9.17, 15) is 9.59 Å². The van der Waals surface area contributed by atoms with E-state index in [0.29, 0.717) is 16.9 Å². The molecular weight excluding hydrogens is 304 g/mol. The first-order valence-corrected chi connectivity index (χ1v) is 7.74. The molecule has 2 amide bonds. The molecule has 1 aliphatic rings. The minimum absolute atomic E-state index is 0.0891. The number of hydrogen-bond donors (Lipinski definition) is 1. The van der Waals surface area contributed by atoms with Gasteiger partial charge in [0.05, 0.1) is 5.56 Å². The van der Waals surface area contributed by atoms with Crippen LogP contribution in [0.25, 0.3) is 0 Å². The number of nitrogens with two attached hydrogens (primary N) is 1. The summed E-state index contributed by atoms with van der Waals surface area (Å²) >= 11 is 5.90. The minimum atomic E-state index is -0.612. The first-order chi connectivity index (χ1) is 10.4. The zero-order valence-electron chi connectivity index (χ0n) is 12.8. The highest BCUT2D eigenvalue weighted by molar-refractivity contribution is 6.30. The lowest BCUT2D eigenvalue weighted by Gasteiger charge is -2.34. The summed E-state index contributed by atoms with van der Waals surface area (Å²) in [7, 11) is 0. The standard InChI is InChI=1S/C16H21ClN2O3/c1-10-5-11(2)8-19(7-10)15(20)9-22-14-6-12(17)3-4-13(14)16(18)21/h3-4,6,10-11H,5,7-9H2,1-2H3,(H2,18,21)/t10-,11-/m0/s1. The van der Waals surface area contributed by atoms with Crippen LogP contribution in [0.3, 0.4) is 0 Å². The Morgan fingerprint density at radius 1 is 1.32 bits per heavy atom. The van der Waals surface area contributed by atoms with Crippen LogP contribution in [0.1, 0.15) is 30.6 Å². The zero-order valence-corrected chi connectivity index (χ0v) is 13.6. The second-order valence-corrected chi connectivity index (χ2v) is 6.47. The SMILES string of the molecule is C[C@H]1C[C@H](C)CN(C(=O)COc2cc(Cl)ccc2C(N)=O)C1. The molecule has 0 spiro atoms. The van der Waals surface area contributed by atoms with Gasteiger partial charge in [0.2, 0.25) is 0 Å². The molecule has 22 heavy (non-hydrogen) atoms. The molecular formula is C16H21ClN2O3. The van der Waals surface area contributed by atoms with Crippen molar-refractivity contribution in [1.29, 1.82) is 0 Å². The Morgan fingerprint density at radius 3 is 2.55 bits per heavy atom. The molecule has 0 saturated carbocycles. The second-order valence-electron chi connectivity index (χ2n) is 6.04. The number of halogens is 1. The molecule has 0 aromatic heterocycles. The number of piperidine rings is 1. The number of hydrogen-bond acceptors (Lipinski definition) is 3. The number of primary amides is 1. The third-order valence-corrected chi connectivity index (χ3v) is 4.02. The third kappa shape index (κ3) is 4.13. The van der Waals surface area contributed by atoms with Gasteiger partial charge in [-0.15, -0.1) is 0 Å². The van der Waals surface area contributed by atoms with E-state index in [2.05, 4.69) is 13.8 Å². The van der Waals surface area contributed by atoms with Crippen LogP contribution in [0.2, 0.25) is 5.02 Å². The number of likely N-dealkylation sites (tertiary alicyclic amines) is 1. The van der Waals surface area contributed by atoms with Crippen molar-refractivity contribution in [2.75, 3.05) is 19.7 Å². The predicted molar refractivity (Wildman–Crippen MR) is 85.0 cm³/mol. The monoisotopic (exact) mass is 324 g/mol. The molecule has 0 radical (unpaired) electrons. The normalized spacial score (nSPS) is 21.5. The fourth-order valence-corrected chi connectivity index (χ4v) is 3.08. The van der Waals surface area contributed by atoms with Gasteiger partial charge in [0.15, 0.2) is 6.61 Å². The van der Waals surface area contributed by atoms with Crippen molar-refractivity contribution in [2.45, 2.75) is 20.3 Å². The van der Waals surface area contributed by atoms with Crippen molar-refractivity contribution >= 4 is 23.4 Å². The molecule has 120 valence electrons. The maximum absolute atomic E-state index is 12.3. The molecule has 1 heterocycles. The summed E-state index contributed by atoms with van der Waals surface area (Å²) in [5.74, 6) is 0.514. The van der Waals surface area contributed by atoms with Crippen LogP contribution in [-0.2, 0) is 4.79 Å². The van der Waals surface area contributed by atoms with Crippen molar-refractivity contribution < 1.29 is 14.3 Å². The summed E-state index contributed by atoms with van der Waals surface area (Å²) in [6.45, 7) is 5.63. The molecule has 0 unspecified atom stereocenters. The fraction of sp³-hybridized carbons (Fsp3) is 0.500. The third-order valence-electron chi connectivity index (χ3n) is 3.78. The number of nitrogens with zero attached hydrogens (tertiary/aromatic N) is 1. The van der Waals surface area contributed by atoms with Gasteiger partial charge in [-0.2, -0.15) is 0 Å². The van der Waals surface area contributed by atoms with Gasteiger partial charge < -0.3 is 15.4 Å². The van der Waals surface area contributed by atoms with Crippen molar-refractivity contribution in [3.63, 3.8) is 0 Å². The van der Waals surface area contributed by atoms with Gasteiger partial charge >= 0.3 is 0 Å². The first kappa shape index (κ1) is 16.6. The van der Waals surface area contributed by atoms with E-state index in [1.807, 2.05) is 4.90 Å². The van der Waals surface area contributed by atoms with E-state index in [-0.39, 0.29) is 23.8 Å². The zero-order chi connectivity index (χ0) is 16.3. The smallest absolute Gasteiger partial charge is 0.260 e. The van der Waals surface area contributed by atoms with E-state index in [1.165, 1.54) is 12.1 Å². The summed E-state index contributed by atoms with van der Waals surface area (Å²) < 4.78 is 5.49. The highest BCUT2D eigenvalue weighted by Gasteiger charge is 2.25.